The molecule has 2 rings (SSSR count). The van der Waals surface area contributed by atoms with Crippen LogP contribution in [0.25, 0.3) is 0 Å². The van der Waals surface area contributed by atoms with Crippen molar-refractivity contribution in [2.24, 2.45) is 0 Å². The summed E-state index contributed by atoms with van der Waals surface area (Å²) in [6, 6.07) is 8.15. The Hall–Kier alpha value is -1.36. The van der Waals surface area contributed by atoms with E-state index in [0.29, 0.717) is 12.4 Å². The summed E-state index contributed by atoms with van der Waals surface area (Å²) < 4.78 is 2.93. The summed E-state index contributed by atoms with van der Waals surface area (Å²) in [7, 11) is 0. The van der Waals surface area contributed by atoms with Crippen molar-refractivity contribution in [1.82, 2.24) is 15.0 Å². The van der Waals surface area contributed by atoms with E-state index < -0.39 is 0 Å². The molecule has 0 amide bonds. The molecular formula is C13H17BrN4. The number of halogens is 1. The Morgan fingerprint density at radius 1 is 1.33 bits per heavy atom. The SMILES string of the molecule is CC(C)(C)c1c(N)nnn1Cc1cccc(Br)c1. The van der Waals surface area contributed by atoms with Gasteiger partial charge < -0.3 is 5.73 Å². The lowest BCUT2D eigenvalue weighted by atomic mass is 9.92. The molecule has 0 unspecified atom stereocenters. The van der Waals surface area contributed by atoms with Crippen LogP contribution in [0.3, 0.4) is 0 Å². The lowest BCUT2D eigenvalue weighted by molar-refractivity contribution is 0.502. The molecule has 0 aliphatic carbocycles. The normalized spacial score (nSPS) is 11.8. The second kappa shape index (κ2) is 4.72. The Morgan fingerprint density at radius 3 is 2.67 bits per heavy atom. The summed E-state index contributed by atoms with van der Waals surface area (Å²) in [4.78, 5) is 0. The van der Waals surface area contributed by atoms with Gasteiger partial charge in [0.1, 0.15) is 0 Å². The highest BCUT2D eigenvalue weighted by atomic mass is 79.9. The Balaban J connectivity index is 2.36. The number of benzene rings is 1. The van der Waals surface area contributed by atoms with Crippen LogP contribution in [0, 0.1) is 0 Å². The molecule has 4 nitrogen and oxygen atoms in total. The highest BCUT2D eigenvalue weighted by Crippen LogP contribution is 2.26. The number of anilines is 1. The van der Waals surface area contributed by atoms with Crippen LogP contribution in [0.1, 0.15) is 32.0 Å². The summed E-state index contributed by atoms with van der Waals surface area (Å²) >= 11 is 3.47. The third-order valence-electron chi connectivity index (χ3n) is 2.69. The number of hydrogen-bond acceptors (Lipinski definition) is 3. The number of rotatable bonds is 2. The van der Waals surface area contributed by atoms with E-state index in [4.69, 9.17) is 5.73 Å². The summed E-state index contributed by atoms with van der Waals surface area (Å²) in [5.74, 6) is 0.512. The van der Waals surface area contributed by atoms with Gasteiger partial charge in [0.05, 0.1) is 12.2 Å². The van der Waals surface area contributed by atoms with E-state index in [1.54, 1.807) is 0 Å². The van der Waals surface area contributed by atoms with Gasteiger partial charge in [0.15, 0.2) is 5.82 Å². The second-order valence-electron chi connectivity index (χ2n) is 5.36. The molecule has 96 valence electrons. The Bertz CT molecular complexity index is 554. The van der Waals surface area contributed by atoms with E-state index in [0.717, 1.165) is 10.2 Å². The molecule has 0 spiro atoms. The molecule has 1 aromatic carbocycles. The third-order valence-corrected chi connectivity index (χ3v) is 3.19. The molecule has 0 saturated carbocycles. The molecule has 0 aliphatic rings. The van der Waals surface area contributed by atoms with E-state index in [2.05, 4.69) is 59.1 Å². The van der Waals surface area contributed by atoms with Crippen LogP contribution in [0.2, 0.25) is 0 Å². The molecule has 0 saturated heterocycles. The van der Waals surface area contributed by atoms with Gasteiger partial charge in [-0.15, -0.1) is 5.10 Å². The fourth-order valence-electron chi connectivity index (χ4n) is 2.02. The van der Waals surface area contributed by atoms with E-state index in [9.17, 15) is 0 Å². The molecule has 0 radical (unpaired) electrons. The van der Waals surface area contributed by atoms with Crippen molar-refractivity contribution in [1.29, 1.82) is 0 Å². The Kier molecular flexibility index (Phi) is 3.43. The van der Waals surface area contributed by atoms with Crippen molar-refractivity contribution in [2.75, 3.05) is 5.73 Å². The Labute approximate surface area is 115 Å². The van der Waals surface area contributed by atoms with Crippen LogP contribution in [0.5, 0.6) is 0 Å². The number of aromatic nitrogens is 3. The fraction of sp³-hybridized carbons (Fsp3) is 0.385. The maximum absolute atomic E-state index is 5.91. The largest absolute Gasteiger partial charge is 0.381 e. The lowest BCUT2D eigenvalue weighted by Gasteiger charge is -2.20. The smallest absolute Gasteiger partial charge is 0.169 e. The maximum atomic E-state index is 5.91. The fourth-order valence-corrected chi connectivity index (χ4v) is 2.46. The minimum Gasteiger partial charge on any atom is -0.381 e. The predicted molar refractivity (Wildman–Crippen MR) is 76.4 cm³/mol. The Morgan fingerprint density at radius 2 is 2.06 bits per heavy atom. The number of nitrogens with two attached hydrogens (primary N) is 1. The molecule has 1 heterocycles. The maximum Gasteiger partial charge on any atom is 0.169 e. The first kappa shape index (κ1) is 13.1. The van der Waals surface area contributed by atoms with E-state index >= 15 is 0 Å². The molecule has 18 heavy (non-hydrogen) atoms. The zero-order valence-corrected chi connectivity index (χ0v) is 12.4. The van der Waals surface area contributed by atoms with Crippen LogP contribution in [-0.4, -0.2) is 15.0 Å². The number of nitrogens with zero attached hydrogens (tertiary/aromatic N) is 3. The van der Waals surface area contributed by atoms with Crippen LogP contribution >= 0.6 is 15.9 Å². The number of hydrogen-bond donors (Lipinski definition) is 1. The van der Waals surface area contributed by atoms with Gasteiger partial charge in [0, 0.05) is 9.89 Å². The average molecular weight is 309 g/mol. The summed E-state index contributed by atoms with van der Waals surface area (Å²) in [6.07, 6.45) is 0. The van der Waals surface area contributed by atoms with Crippen molar-refractivity contribution in [2.45, 2.75) is 32.7 Å². The van der Waals surface area contributed by atoms with Crippen LogP contribution in [0.15, 0.2) is 28.7 Å². The molecule has 0 aliphatic heterocycles. The van der Waals surface area contributed by atoms with Gasteiger partial charge in [-0.05, 0) is 17.7 Å². The second-order valence-corrected chi connectivity index (χ2v) is 6.28. The first-order valence-corrected chi connectivity index (χ1v) is 6.61. The first-order valence-electron chi connectivity index (χ1n) is 5.82. The molecule has 5 heteroatoms. The topological polar surface area (TPSA) is 56.7 Å². The summed E-state index contributed by atoms with van der Waals surface area (Å²) in [6.45, 7) is 7.01. The van der Waals surface area contributed by atoms with Crippen molar-refractivity contribution in [3.63, 3.8) is 0 Å². The molecule has 0 bridgehead atoms. The van der Waals surface area contributed by atoms with E-state index in [1.165, 1.54) is 5.56 Å². The van der Waals surface area contributed by atoms with E-state index in [-0.39, 0.29) is 5.41 Å². The minimum atomic E-state index is -0.0698. The first-order chi connectivity index (χ1) is 8.38. The molecule has 0 fully saturated rings. The number of nitrogen functional groups attached to an aromatic ring is 1. The molecular weight excluding hydrogens is 292 g/mol. The highest BCUT2D eigenvalue weighted by Gasteiger charge is 2.23. The van der Waals surface area contributed by atoms with Crippen molar-refractivity contribution < 1.29 is 0 Å². The van der Waals surface area contributed by atoms with Gasteiger partial charge in [0.25, 0.3) is 0 Å². The van der Waals surface area contributed by atoms with Crippen LogP contribution in [0.4, 0.5) is 5.82 Å². The van der Waals surface area contributed by atoms with Gasteiger partial charge in [-0.25, -0.2) is 4.68 Å². The van der Waals surface area contributed by atoms with Gasteiger partial charge >= 0.3 is 0 Å². The summed E-state index contributed by atoms with van der Waals surface area (Å²) in [5.41, 5.74) is 7.98. The van der Waals surface area contributed by atoms with Crippen LogP contribution < -0.4 is 5.73 Å². The van der Waals surface area contributed by atoms with Crippen molar-refractivity contribution in [3.8, 4) is 0 Å². The van der Waals surface area contributed by atoms with Crippen molar-refractivity contribution >= 4 is 21.7 Å². The van der Waals surface area contributed by atoms with E-state index in [1.807, 2.05) is 16.8 Å². The van der Waals surface area contributed by atoms with Crippen molar-refractivity contribution in [3.05, 3.63) is 40.0 Å². The third kappa shape index (κ3) is 2.72. The zero-order valence-electron chi connectivity index (χ0n) is 10.8. The van der Waals surface area contributed by atoms with Gasteiger partial charge in [0.2, 0.25) is 0 Å². The van der Waals surface area contributed by atoms with Gasteiger partial charge in [-0.3, -0.25) is 0 Å². The quantitative estimate of drug-likeness (QED) is 0.928. The highest BCUT2D eigenvalue weighted by molar-refractivity contribution is 9.10. The molecule has 0 atom stereocenters. The minimum absolute atomic E-state index is 0.0698. The molecule has 1 aromatic heterocycles. The standard InChI is InChI=1S/C13H17BrN4/c1-13(2,3)11-12(15)16-17-18(11)8-9-5-4-6-10(14)7-9/h4-7H,8,15H2,1-3H3. The summed E-state index contributed by atoms with van der Waals surface area (Å²) in [5, 5.41) is 8.11. The van der Waals surface area contributed by atoms with Gasteiger partial charge in [-0.2, -0.15) is 0 Å². The van der Waals surface area contributed by atoms with Crippen LogP contribution in [-0.2, 0) is 12.0 Å². The monoisotopic (exact) mass is 308 g/mol. The molecule has 2 aromatic rings. The average Bonchev–Trinajstić information content (AvgIpc) is 2.59. The van der Waals surface area contributed by atoms with Gasteiger partial charge in [-0.1, -0.05) is 54.0 Å². The lowest BCUT2D eigenvalue weighted by Crippen LogP contribution is -2.20. The predicted octanol–water partition coefficient (Wildman–Crippen LogP) is 2.97. The zero-order chi connectivity index (χ0) is 13.3. The molecule has 2 N–H and O–H groups in total.